The number of esters is 1. The molecule has 0 unspecified atom stereocenters. The van der Waals surface area contributed by atoms with Crippen molar-refractivity contribution in [2.24, 2.45) is 0 Å². The van der Waals surface area contributed by atoms with Gasteiger partial charge in [-0.2, -0.15) is 0 Å². The van der Waals surface area contributed by atoms with Crippen LogP contribution < -0.4 is 4.74 Å². The summed E-state index contributed by atoms with van der Waals surface area (Å²) in [6.07, 6.45) is -0.0274. The first-order valence-electron chi connectivity index (χ1n) is 4.07. The molecule has 0 spiro atoms. The summed E-state index contributed by atoms with van der Waals surface area (Å²) in [5.41, 5.74) is 0.674. The molecule has 0 atom stereocenters. The Morgan fingerprint density at radius 2 is 1.86 bits per heavy atom. The fourth-order valence-electron chi connectivity index (χ4n) is 1.02. The molecule has 74 valence electrons. The standard InChI is InChI=1S/C10H10O4/c1-7(11)14-9-4-2-8(3-5-9)6-10(12)13/h2-5H,6H2,1H3,(H,12,13). The second kappa shape index (κ2) is 4.41. The monoisotopic (exact) mass is 194 g/mol. The van der Waals surface area contributed by atoms with Gasteiger partial charge in [0.25, 0.3) is 0 Å². The molecule has 0 saturated carbocycles. The van der Waals surface area contributed by atoms with E-state index in [0.29, 0.717) is 11.3 Å². The summed E-state index contributed by atoms with van der Waals surface area (Å²) in [5.74, 6) is -0.854. The van der Waals surface area contributed by atoms with E-state index in [1.54, 1.807) is 24.3 Å². The van der Waals surface area contributed by atoms with E-state index in [4.69, 9.17) is 9.84 Å². The molecule has 0 aliphatic rings. The Balaban J connectivity index is 2.68. The first kappa shape index (κ1) is 10.2. The molecule has 0 bridgehead atoms. The third-order valence-electron chi connectivity index (χ3n) is 1.54. The molecule has 1 aromatic rings. The summed E-state index contributed by atoms with van der Waals surface area (Å²) >= 11 is 0. The molecule has 4 heteroatoms. The van der Waals surface area contributed by atoms with Crippen molar-refractivity contribution in [3.63, 3.8) is 0 Å². The molecule has 0 saturated heterocycles. The van der Waals surface area contributed by atoms with Crippen LogP contribution in [0, 0.1) is 0 Å². The van der Waals surface area contributed by atoms with Gasteiger partial charge in [-0.25, -0.2) is 0 Å². The van der Waals surface area contributed by atoms with Gasteiger partial charge in [0.1, 0.15) is 5.75 Å². The lowest BCUT2D eigenvalue weighted by Gasteiger charge is -2.01. The Labute approximate surface area is 81.1 Å². The quantitative estimate of drug-likeness (QED) is 0.580. The number of carboxylic acids is 1. The number of carboxylic acid groups (broad SMARTS) is 1. The number of carbonyl (C=O) groups is 2. The maximum absolute atomic E-state index is 10.6. The van der Waals surface area contributed by atoms with Crippen LogP contribution >= 0.6 is 0 Å². The number of aliphatic carboxylic acids is 1. The largest absolute Gasteiger partial charge is 0.481 e. The van der Waals surface area contributed by atoms with Crippen molar-refractivity contribution < 1.29 is 19.4 Å². The van der Waals surface area contributed by atoms with E-state index in [1.807, 2.05) is 0 Å². The van der Waals surface area contributed by atoms with Crippen LogP contribution in [0.2, 0.25) is 0 Å². The maximum atomic E-state index is 10.6. The molecule has 0 aliphatic heterocycles. The van der Waals surface area contributed by atoms with Crippen molar-refractivity contribution in [1.29, 1.82) is 0 Å². The van der Waals surface area contributed by atoms with Crippen molar-refractivity contribution >= 4 is 11.9 Å². The Kier molecular flexibility index (Phi) is 3.23. The van der Waals surface area contributed by atoms with Gasteiger partial charge < -0.3 is 9.84 Å². The van der Waals surface area contributed by atoms with Crippen LogP contribution in [0.25, 0.3) is 0 Å². The van der Waals surface area contributed by atoms with Gasteiger partial charge in [0, 0.05) is 6.92 Å². The number of carbonyl (C=O) groups excluding carboxylic acids is 1. The van der Waals surface area contributed by atoms with Crippen molar-refractivity contribution in [3.8, 4) is 5.75 Å². The first-order valence-corrected chi connectivity index (χ1v) is 4.07. The Bertz CT molecular complexity index is 305. The highest BCUT2D eigenvalue weighted by atomic mass is 16.5. The van der Waals surface area contributed by atoms with Crippen LogP contribution in [-0.2, 0) is 16.0 Å². The lowest BCUT2D eigenvalue weighted by Crippen LogP contribution is -2.02. The van der Waals surface area contributed by atoms with Crippen LogP contribution in [-0.4, -0.2) is 17.0 Å². The van der Waals surface area contributed by atoms with Crippen LogP contribution in [0.3, 0.4) is 0 Å². The lowest BCUT2D eigenvalue weighted by atomic mass is 10.1. The Morgan fingerprint density at radius 1 is 1.29 bits per heavy atom. The molecule has 1 rings (SSSR count). The fourth-order valence-corrected chi connectivity index (χ4v) is 1.02. The Morgan fingerprint density at radius 3 is 2.29 bits per heavy atom. The van der Waals surface area contributed by atoms with Crippen molar-refractivity contribution in [2.45, 2.75) is 13.3 Å². The number of hydrogen-bond acceptors (Lipinski definition) is 3. The summed E-state index contributed by atoms with van der Waals surface area (Å²) in [7, 11) is 0. The summed E-state index contributed by atoms with van der Waals surface area (Å²) in [4.78, 5) is 20.9. The average Bonchev–Trinajstić information content (AvgIpc) is 2.06. The van der Waals surface area contributed by atoms with Gasteiger partial charge in [0.05, 0.1) is 6.42 Å². The highest BCUT2D eigenvalue weighted by Gasteiger charge is 2.01. The van der Waals surface area contributed by atoms with Gasteiger partial charge in [0.2, 0.25) is 0 Å². The molecule has 0 heterocycles. The zero-order valence-electron chi connectivity index (χ0n) is 7.69. The van der Waals surface area contributed by atoms with E-state index in [0.717, 1.165) is 0 Å². The predicted octanol–water partition coefficient (Wildman–Crippen LogP) is 1.24. The maximum Gasteiger partial charge on any atom is 0.308 e. The smallest absolute Gasteiger partial charge is 0.308 e. The van der Waals surface area contributed by atoms with Gasteiger partial charge >= 0.3 is 11.9 Å². The average molecular weight is 194 g/mol. The van der Waals surface area contributed by atoms with Crippen LogP contribution in [0.15, 0.2) is 24.3 Å². The molecule has 4 nitrogen and oxygen atoms in total. The van der Waals surface area contributed by atoms with Gasteiger partial charge in [-0.15, -0.1) is 0 Å². The summed E-state index contributed by atoms with van der Waals surface area (Å²) in [5, 5.41) is 8.50. The van der Waals surface area contributed by atoms with E-state index < -0.39 is 11.9 Å². The summed E-state index contributed by atoms with van der Waals surface area (Å²) in [6, 6.07) is 6.37. The minimum absolute atomic E-state index is 0.0274. The SMILES string of the molecule is CC(=O)Oc1ccc(CC(=O)O)cc1. The molecule has 1 aromatic carbocycles. The topological polar surface area (TPSA) is 63.6 Å². The van der Waals surface area contributed by atoms with E-state index in [-0.39, 0.29) is 6.42 Å². The molecule has 0 fully saturated rings. The highest BCUT2D eigenvalue weighted by molar-refractivity contribution is 5.71. The third-order valence-corrected chi connectivity index (χ3v) is 1.54. The van der Waals surface area contributed by atoms with Gasteiger partial charge in [-0.1, -0.05) is 12.1 Å². The van der Waals surface area contributed by atoms with Gasteiger partial charge in [0.15, 0.2) is 0 Å². The summed E-state index contributed by atoms with van der Waals surface area (Å²) < 4.78 is 4.79. The number of rotatable bonds is 3. The second-order valence-electron chi connectivity index (χ2n) is 2.81. The fraction of sp³-hybridized carbons (Fsp3) is 0.200. The normalized spacial score (nSPS) is 9.50. The van der Waals surface area contributed by atoms with Crippen LogP contribution in [0.5, 0.6) is 5.75 Å². The third kappa shape index (κ3) is 3.26. The van der Waals surface area contributed by atoms with E-state index >= 15 is 0 Å². The zero-order chi connectivity index (χ0) is 10.6. The van der Waals surface area contributed by atoms with Crippen molar-refractivity contribution in [1.82, 2.24) is 0 Å². The van der Waals surface area contributed by atoms with Crippen molar-refractivity contribution in [2.75, 3.05) is 0 Å². The minimum Gasteiger partial charge on any atom is -0.481 e. The van der Waals surface area contributed by atoms with E-state index in [9.17, 15) is 9.59 Å². The summed E-state index contributed by atoms with van der Waals surface area (Å²) in [6.45, 7) is 1.31. The molecular weight excluding hydrogens is 184 g/mol. The van der Waals surface area contributed by atoms with E-state index in [1.165, 1.54) is 6.92 Å². The number of ether oxygens (including phenoxy) is 1. The minimum atomic E-state index is -0.884. The van der Waals surface area contributed by atoms with Crippen molar-refractivity contribution in [3.05, 3.63) is 29.8 Å². The van der Waals surface area contributed by atoms with Crippen LogP contribution in [0.1, 0.15) is 12.5 Å². The molecule has 0 aromatic heterocycles. The lowest BCUT2D eigenvalue weighted by molar-refractivity contribution is -0.136. The molecule has 0 aliphatic carbocycles. The molecule has 0 amide bonds. The number of hydrogen-bond donors (Lipinski definition) is 1. The number of benzene rings is 1. The molecule has 0 radical (unpaired) electrons. The molecule has 14 heavy (non-hydrogen) atoms. The second-order valence-corrected chi connectivity index (χ2v) is 2.81. The Hall–Kier alpha value is -1.84. The zero-order valence-corrected chi connectivity index (χ0v) is 7.69. The predicted molar refractivity (Wildman–Crippen MR) is 49.1 cm³/mol. The van der Waals surface area contributed by atoms with Gasteiger partial charge in [-0.05, 0) is 17.7 Å². The van der Waals surface area contributed by atoms with E-state index in [2.05, 4.69) is 0 Å². The highest BCUT2D eigenvalue weighted by Crippen LogP contribution is 2.12. The van der Waals surface area contributed by atoms with Crippen LogP contribution in [0.4, 0.5) is 0 Å². The molecule has 1 N–H and O–H groups in total. The molecular formula is C10H10O4. The van der Waals surface area contributed by atoms with Gasteiger partial charge in [-0.3, -0.25) is 9.59 Å². The first-order chi connectivity index (χ1) is 6.58.